The van der Waals surface area contributed by atoms with Crippen LogP contribution in [0.3, 0.4) is 0 Å². The molecular formula is C7H10LaO4. The van der Waals surface area contributed by atoms with E-state index in [2.05, 4.69) is 11.3 Å². The summed E-state index contributed by atoms with van der Waals surface area (Å²) in [6.07, 6.45) is -0.362. The topological polar surface area (TPSA) is 63.6 Å². The molecule has 0 aliphatic rings. The Balaban J connectivity index is 0. The van der Waals surface area contributed by atoms with Crippen molar-refractivity contribution in [1.82, 2.24) is 0 Å². The van der Waals surface area contributed by atoms with Crippen LogP contribution < -0.4 is 0 Å². The Kier molecular flexibility index (Phi) is 9.03. The molecule has 0 aromatic heterocycles. The van der Waals surface area contributed by atoms with Crippen LogP contribution in [0.5, 0.6) is 0 Å². The first-order valence-electron chi connectivity index (χ1n) is 3.14. The summed E-state index contributed by atoms with van der Waals surface area (Å²) in [5.41, 5.74) is -0.0284. The molecule has 0 unspecified atom stereocenters. The molecule has 0 bridgehead atoms. The third-order valence-corrected chi connectivity index (χ3v) is 0.929. The maximum absolute atomic E-state index is 10.7. The molecule has 0 saturated heterocycles. The number of carbonyl (C=O) groups is 2. The number of hydrogen-bond acceptors (Lipinski definition) is 3. The molecule has 0 saturated carbocycles. The second-order valence-corrected chi connectivity index (χ2v) is 1.89. The van der Waals surface area contributed by atoms with E-state index in [1.165, 1.54) is 0 Å². The number of carbonyl (C=O) groups excluding carboxylic acids is 1. The molecule has 0 atom stereocenters. The van der Waals surface area contributed by atoms with Crippen LogP contribution in [0.4, 0.5) is 0 Å². The van der Waals surface area contributed by atoms with Crippen LogP contribution in [-0.4, -0.2) is 23.7 Å². The predicted octanol–water partition coefficient (Wildman–Crippen LogP) is 0.580. The normalized spacial score (nSPS) is 8.08. The van der Waals surface area contributed by atoms with Gasteiger partial charge in [0, 0.05) is 41.2 Å². The maximum atomic E-state index is 10.7. The van der Waals surface area contributed by atoms with Gasteiger partial charge in [0.1, 0.15) is 0 Å². The van der Waals surface area contributed by atoms with Crippen LogP contribution in [0, 0.1) is 35.6 Å². The van der Waals surface area contributed by atoms with Gasteiger partial charge in [-0.2, -0.15) is 0 Å². The molecule has 0 spiro atoms. The van der Waals surface area contributed by atoms with Gasteiger partial charge in [-0.05, 0) is 6.92 Å². The van der Waals surface area contributed by atoms with Crippen LogP contribution in [0.2, 0.25) is 0 Å². The van der Waals surface area contributed by atoms with E-state index < -0.39 is 11.9 Å². The van der Waals surface area contributed by atoms with Gasteiger partial charge >= 0.3 is 11.9 Å². The zero-order chi connectivity index (χ0) is 8.85. The molecule has 5 heteroatoms. The fourth-order valence-corrected chi connectivity index (χ4v) is 0.488. The molecule has 0 aromatic carbocycles. The van der Waals surface area contributed by atoms with Crippen LogP contribution in [0.15, 0.2) is 12.2 Å². The van der Waals surface area contributed by atoms with Crippen LogP contribution >= 0.6 is 0 Å². The van der Waals surface area contributed by atoms with Crippen LogP contribution in [0.25, 0.3) is 0 Å². The molecule has 0 aromatic rings. The van der Waals surface area contributed by atoms with Gasteiger partial charge in [-0.3, -0.25) is 4.79 Å². The summed E-state index contributed by atoms with van der Waals surface area (Å²) < 4.78 is 4.50. The van der Waals surface area contributed by atoms with Crippen molar-refractivity contribution in [3.63, 3.8) is 0 Å². The van der Waals surface area contributed by atoms with Crippen molar-refractivity contribution in [2.24, 2.45) is 0 Å². The molecule has 0 rings (SSSR count). The summed E-state index contributed by atoms with van der Waals surface area (Å²) in [6.45, 7) is 5.14. The summed E-state index contributed by atoms with van der Waals surface area (Å²) >= 11 is 0. The number of ether oxygens (including phenoxy) is 1. The Morgan fingerprint density at radius 1 is 1.50 bits per heavy atom. The first-order chi connectivity index (χ1) is 5.07. The standard InChI is InChI=1S/C7H10O4.La/c1-3-11-7(10)5(2)4-6(8)9;/h2-4H2,1H3,(H,8,9);. The Morgan fingerprint density at radius 2 is 2.00 bits per heavy atom. The van der Waals surface area contributed by atoms with Crippen molar-refractivity contribution in [2.75, 3.05) is 6.61 Å². The van der Waals surface area contributed by atoms with E-state index in [1.807, 2.05) is 0 Å². The molecular weight excluding hydrogens is 287 g/mol. The predicted molar refractivity (Wildman–Crippen MR) is 38.0 cm³/mol. The summed E-state index contributed by atoms with van der Waals surface area (Å²) in [6, 6.07) is 0. The molecule has 0 aliphatic heterocycles. The van der Waals surface area contributed by atoms with E-state index in [0.717, 1.165) is 0 Å². The molecule has 65 valence electrons. The zero-order valence-corrected chi connectivity index (χ0v) is 10.5. The number of esters is 1. The molecule has 0 aliphatic carbocycles. The fraction of sp³-hybridized carbons (Fsp3) is 0.429. The minimum Gasteiger partial charge on any atom is -0.481 e. The molecule has 1 radical (unpaired) electrons. The van der Waals surface area contributed by atoms with Gasteiger partial charge in [0.25, 0.3) is 0 Å². The van der Waals surface area contributed by atoms with E-state index in [0.29, 0.717) is 0 Å². The average molecular weight is 297 g/mol. The second kappa shape index (κ2) is 7.52. The van der Waals surface area contributed by atoms with Crippen molar-refractivity contribution < 1.29 is 55.0 Å². The summed E-state index contributed by atoms with van der Waals surface area (Å²) in [7, 11) is 0. The SMILES string of the molecule is C=C(CC(=O)O)C(=O)OCC.[La]. The zero-order valence-electron chi connectivity index (χ0n) is 6.87. The van der Waals surface area contributed by atoms with Crippen molar-refractivity contribution in [2.45, 2.75) is 13.3 Å². The monoisotopic (exact) mass is 297 g/mol. The van der Waals surface area contributed by atoms with Gasteiger partial charge in [-0.1, -0.05) is 6.58 Å². The summed E-state index contributed by atoms with van der Waals surface area (Å²) in [4.78, 5) is 20.7. The van der Waals surface area contributed by atoms with Gasteiger partial charge in [-0.15, -0.1) is 0 Å². The van der Waals surface area contributed by atoms with Crippen LogP contribution in [0.1, 0.15) is 13.3 Å². The number of carboxylic acid groups (broad SMARTS) is 1. The Morgan fingerprint density at radius 3 is 2.33 bits per heavy atom. The molecule has 4 nitrogen and oxygen atoms in total. The van der Waals surface area contributed by atoms with Crippen molar-refractivity contribution in [3.05, 3.63) is 12.2 Å². The second-order valence-electron chi connectivity index (χ2n) is 1.89. The number of carboxylic acids is 1. The Labute approximate surface area is 98.6 Å². The number of hydrogen-bond donors (Lipinski definition) is 1. The molecule has 12 heavy (non-hydrogen) atoms. The first-order valence-corrected chi connectivity index (χ1v) is 3.14. The smallest absolute Gasteiger partial charge is 0.333 e. The maximum Gasteiger partial charge on any atom is 0.333 e. The minimum absolute atomic E-state index is 0. The van der Waals surface area contributed by atoms with E-state index in [1.54, 1.807) is 6.92 Å². The van der Waals surface area contributed by atoms with E-state index in [4.69, 9.17) is 5.11 Å². The third kappa shape index (κ3) is 6.58. The quantitative estimate of drug-likeness (QED) is 0.609. The number of aliphatic carboxylic acids is 1. The van der Waals surface area contributed by atoms with E-state index in [9.17, 15) is 9.59 Å². The summed E-state index contributed by atoms with van der Waals surface area (Å²) in [5, 5.41) is 8.23. The van der Waals surface area contributed by atoms with Crippen molar-refractivity contribution in [1.29, 1.82) is 0 Å². The Hall–Kier alpha value is -0.125. The van der Waals surface area contributed by atoms with E-state index >= 15 is 0 Å². The average Bonchev–Trinajstić information content (AvgIpc) is 1.86. The number of rotatable bonds is 4. The summed E-state index contributed by atoms with van der Waals surface area (Å²) in [5.74, 6) is -1.72. The van der Waals surface area contributed by atoms with Crippen LogP contribution in [-0.2, 0) is 14.3 Å². The Bertz CT molecular complexity index is 188. The first kappa shape index (κ1) is 14.4. The van der Waals surface area contributed by atoms with Gasteiger partial charge < -0.3 is 9.84 Å². The van der Waals surface area contributed by atoms with Gasteiger partial charge in [0.05, 0.1) is 13.0 Å². The minimum atomic E-state index is -1.08. The largest absolute Gasteiger partial charge is 0.481 e. The van der Waals surface area contributed by atoms with Gasteiger partial charge in [0.15, 0.2) is 0 Å². The molecule has 1 N–H and O–H groups in total. The van der Waals surface area contributed by atoms with Crippen molar-refractivity contribution >= 4 is 11.9 Å². The molecule has 0 amide bonds. The molecule has 0 heterocycles. The van der Waals surface area contributed by atoms with Gasteiger partial charge in [0.2, 0.25) is 0 Å². The van der Waals surface area contributed by atoms with Crippen molar-refractivity contribution in [3.8, 4) is 0 Å². The third-order valence-electron chi connectivity index (χ3n) is 0.929. The van der Waals surface area contributed by atoms with Gasteiger partial charge in [-0.25, -0.2) is 4.79 Å². The fourth-order valence-electron chi connectivity index (χ4n) is 0.488. The molecule has 0 fully saturated rings. The van der Waals surface area contributed by atoms with E-state index in [-0.39, 0.29) is 54.2 Å².